The van der Waals surface area contributed by atoms with E-state index < -0.39 is 12.1 Å². The minimum absolute atomic E-state index is 0.388. The van der Waals surface area contributed by atoms with Gasteiger partial charge in [-0.15, -0.1) is 0 Å². The van der Waals surface area contributed by atoms with Crippen LogP contribution in [-0.2, 0) is 9.53 Å². The fraction of sp³-hybridized carbons (Fsp3) is 0.500. The van der Waals surface area contributed by atoms with Gasteiger partial charge in [0.2, 0.25) is 0 Å². The Bertz CT molecular complexity index is 499. The number of hydrogen-bond acceptors (Lipinski definition) is 5. The number of methoxy groups -OCH3 is 2. The summed E-state index contributed by atoms with van der Waals surface area (Å²) < 4.78 is 16.2. The summed E-state index contributed by atoms with van der Waals surface area (Å²) in [6.07, 6.45) is 1.04. The molecule has 1 fully saturated rings. The summed E-state index contributed by atoms with van der Waals surface area (Å²) >= 11 is 3.38. The largest absolute Gasteiger partial charge is 0.493 e. The lowest BCUT2D eigenvalue weighted by atomic mass is 10.1. The molecule has 0 aliphatic heterocycles. The van der Waals surface area contributed by atoms with Gasteiger partial charge in [-0.3, -0.25) is 0 Å². The molecule has 110 valence electrons. The molecule has 1 atom stereocenters. The molecule has 1 unspecified atom stereocenters. The Morgan fingerprint density at radius 2 is 2.15 bits per heavy atom. The summed E-state index contributed by atoms with van der Waals surface area (Å²) in [6, 6.07) is 3.21. The van der Waals surface area contributed by atoms with E-state index in [1.165, 1.54) is 27.1 Å². The van der Waals surface area contributed by atoms with E-state index in [1.54, 1.807) is 12.1 Å². The molecular weight excluding hydrogens is 328 g/mol. The highest BCUT2D eigenvalue weighted by molar-refractivity contribution is 9.10. The molecule has 1 aromatic carbocycles. The van der Waals surface area contributed by atoms with Crippen molar-refractivity contribution in [2.75, 3.05) is 20.8 Å². The highest BCUT2D eigenvalue weighted by atomic mass is 79.9. The van der Waals surface area contributed by atoms with Crippen LogP contribution in [0.1, 0.15) is 24.5 Å². The second-order valence-corrected chi connectivity index (χ2v) is 5.57. The van der Waals surface area contributed by atoms with Gasteiger partial charge >= 0.3 is 5.97 Å². The van der Waals surface area contributed by atoms with Crippen molar-refractivity contribution >= 4 is 21.9 Å². The van der Waals surface area contributed by atoms with Crippen LogP contribution in [0, 0.1) is 5.92 Å². The molecule has 0 amide bonds. The quantitative estimate of drug-likeness (QED) is 0.803. The molecule has 0 radical (unpaired) electrons. The normalized spacial score (nSPS) is 15.6. The molecule has 1 saturated carbocycles. The van der Waals surface area contributed by atoms with Gasteiger partial charge in [0.25, 0.3) is 0 Å². The Labute approximate surface area is 126 Å². The Morgan fingerprint density at radius 1 is 1.45 bits per heavy atom. The third-order valence-electron chi connectivity index (χ3n) is 3.15. The van der Waals surface area contributed by atoms with E-state index in [-0.39, 0.29) is 0 Å². The molecule has 0 bridgehead atoms. The molecule has 20 heavy (non-hydrogen) atoms. The molecular formula is C14H17BrO5. The Morgan fingerprint density at radius 3 is 2.70 bits per heavy atom. The van der Waals surface area contributed by atoms with Crippen LogP contribution in [0.3, 0.4) is 0 Å². The van der Waals surface area contributed by atoms with Crippen molar-refractivity contribution in [3.63, 3.8) is 0 Å². The highest BCUT2D eigenvalue weighted by Gasteiger charge is 2.25. The zero-order chi connectivity index (χ0) is 14.7. The lowest BCUT2D eigenvalue weighted by molar-refractivity contribution is -0.150. The lowest BCUT2D eigenvalue weighted by Crippen LogP contribution is -2.14. The predicted octanol–water partition coefficient (Wildman–Crippen LogP) is 2.45. The maximum absolute atomic E-state index is 11.4. The molecule has 5 nitrogen and oxygen atoms in total. The summed E-state index contributed by atoms with van der Waals surface area (Å²) in [4.78, 5) is 11.4. The van der Waals surface area contributed by atoms with Gasteiger partial charge in [-0.25, -0.2) is 4.79 Å². The summed E-state index contributed by atoms with van der Waals surface area (Å²) in [7, 11) is 2.74. The first kappa shape index (κ1) is 15.1. The number of halogens is 1. The number of ether oxygens (including phenoxy) is 3. The molecule has 0 aromatic heterocycles. The second kappa shape index (κ2) is 6.45. The fourth-order valence-corrected chi connectivity index (χ4v) is 2.35. The number of carbonyl (C=O) groups is 1. The van der Waals surface area contributed by atoms with Gasteiger partial charge in [-0.05, 0) is 52.4 Å². The average molecular weight is 345 g/mol. The monoisotopic (exact) mass is 344 g/mol. The second-order valence-electron chi connectivity index (χ2n) is 4.71. The van der Waals surface area contributed by atoms with Crippen molar-refractivity contribution in [2.24, 2.45) is 5.92 Å². The van der Waals surface area contributed by atoms with E-state index in [9.17, 15) is 9.90 Å². The predicted molar refractivity (Wildman–Crippen MR) is 75.9 cm³/mol. The number of esters is 1. The number of aliphatic hydroxyl groups excluding tert-OH is 1. The van der Waals surface area contributed by atoms with E-state index >= 15 is 0 Å². The van der Waals surface area contributed by atoms with Crippen LogP contribution in [-0.4, -0.2) is 31.9 Å². The molecule has 0 spiro atoms. The number of aliphatic hydroxyl groups is 1. The van der Waals surface area contributed by atoms with E-state index in [4.69, 9.17) is 9.47 Å². The van der Waals surface area contributed by atoms with E-state index in [2.05, 4.69) is 20.7 Å². The van der Waals surface area contributed by atoms with Crippen LogP contribution in [0.2, 0.25) is 0 Å². The third-order valence-corrected chi connectivity index (χ3v) is 3.74. The molecule has 0 saturated heterocycles. The number of carbonyl (C=O) groups excluding carboxylic acids is 1. The SMILES string of the molecule is COC(=O)C(O)c1cc(Br)c(OCC2CC2)c(OC)c1. The zero-order valence-corrected chi connectivity index (χ0v) is 13.0. The van der Waals surface area contributed by atoms with Crippen molar-refractivity contribution in [2.45, 2.75) is 18.9 Å². The summed E-state index contributed by atoms with van der Waals surface area (Å²) in [5, 5.41) is 9.86. The molecule has 0 heterocycles. The first-order chi connectivity index (χ1) is 9.56. The molecule has 2 rings (SSSR count). The smallest absolute Gasteiger partial charge is 0.339 e. The molecule has 1 N–H and O–H groups in total. The minimum atomic E-state index is -1.34. The van der Waals surface area contributed by atoms with E-state index in [0.717, 1.165) is 0 Å². The maximum atomic E-state index is 11.4. The highest BCUT2D eigenvalue weighted by Crippen LogP contribution is 2.40. The first-order valence-electron chi connectivity index (χ1n) is 6.33. The molecule has 1 aromatic rings. The fourth-order valence-electron chi connectivity index (χ4n) is 1.77. The van der Waals surface area contributed by atoms with E-state index in [1.807, 2.05) is 0 Å². The average Bonchev–Trinajstić information content (AvgIpc) is 3.27. The van der Waals surface area contributed by atoms with E-state index in [0.29, 0.717) is 34.1 Å². The lowest BCUT2D eigenvalue weighted by Gasteiger charge is -2.16. The first-order valence-corrected chi connectivity index (χ1v) is 7.12. The van der Waals surface area contributed by atoms with Gasteiger partial charge in [0.05, 0.1) is 25.3 Å². The van der Waals surface area contributed by atoms with Gasteiger partial charge in [-0.1, -0.05) is 0 Å². The van der Waals surface area contributed by atoms with Crippen molar-refractivity contribution in [1.29, 1.82) is 0 Å². The van der Waals surface area contributed by atoms with Crippen LogP contribution in [0.4, 0.5) is 0 Å². The summed E-state index contributed by atoms with van der Waals surface area (Å²) in [5.41, 5.74) is 0.388. The van der Waals surface area contributed by atoms with Crippen LogP contribution < -0.4 is 9.47 Å². The van der Waals surface area contributed by atoms with Gasteiger partial charge in [0.1, 0.15) is 0 Å². The van der Waals surface area contributed by atoms with Gasteiger partial charge in [0.15, 0.2) is 17.6 Å². The Hall–Kier alpha value is -1.27. The van der Waals surface area contributed by atoms with Gasteiger partial charge in [0, 0.05) is 0 Å². The Kier molecular flexibility index (Phi) is 4.88. The van der Waals surface area contributed by atoms with Crippen molar-refractivity contribution in [3.8, 4) is 11.5 Å². The molecule has 1 aliphatic rings. The van der Waals surface area contributed by atoms with Crippen LogP contribution >= 0.6 is 15.9 Å². The van der Waals surface area contributed by atoms with Crippen molar-refractivity contribution in [1.82, 2.24) is 0 Å². The topological polar surface area (TPSA) is 65.0 Å². The van der Waals surface area contributed by atoms with Crippen LogP contribution in [0.15, 0.2) is 16.6 Å². The zero-order valence-electron chi connectivity index (χ0n) is 11.4. The standard InChI is InChI=1S/C14H17BrO5/c1-18-11-6-9(12(16)14(17)19-2)5-10(15)13(11)20-7-8-3-4-8/h5-6,8,12,16H,3-4,7H2,1-2H3. The number of benzene rings is 1. The number of hydrogen-bond donors (Lipinski definition) is 1. The molecule has 1 aliphatic carbocycles. The minimum Gasteiger partial charge on any atom is -0.493 e. The summed E-state index contributed by atoms with van der Waals surface area (Å²) in [6.45, 7) is 0.647. The van der Waals surface area contributed by atoms with Crippen molar-refractivity contribution < 1.29 is 24.1 Å². The third kappa shape index (κ3) is 3.43. The van der Waals surface area contributed by atoms with Gasteiger partial charge in [-0.2, -0.15) is 0 Å². The number of rotatable bonds is 6. The Balaban J connectivity index is 2.23. The maximum Gasteiger partial charge on any atom is 0.339 e. The summed E-state index contributed by atoms with van der Waals surface area (Å²) in [5.74, 6) is 0.954. The van der Waals surface area contributed by atoms with Crippen LogP contribution in [0.25, 0.3) is 0 Å². The van der Waals surface area contributed by atoms with Crippen molar-refractivity contribution in [3.05, 3.63) is 22.2 Å². The molecule has 6 heteroatoms. The van der Waals surface area contributed by atoms with Crippen LogP contribution in [0.5, 0.6) is 11.5 Å². The van der Waals surface area contributed by atoms with Gasteiger partial charge < -0.3 is 19.3 Å².